The molecule has 0 radical (unpaired) electrons. The molecule has 78 valence electrons. The average molecular weight is 208 g/mol. The van der Waals surface area contributed by atoms with Crippen LogP contribution in [0.4, 0.5) is 0 Å². The number of nitrogens with zero attached hydrogens (tertiary/aromatic N) is 1. The van der Waals surface area contributed by atoms with E-state index < -0.39 is 10.2 Å². The molecule has 0 aliphatic carbocycles. The quantitative estimate of drug-likeness (QED) is 0.401. The standard InChI is InChI=1S/C6H16N4O2S/c1-3-10(13(9,11)12)4-5(2)6(7)8/h5H,3-4H2,1-2H3,(H3,7,8)(H2,9,11,12). The van der Waals surface area contributed by atoms with Gasteiger partial charge in [0.1, 0.15) is 0 Å². The Kier molecular flexibility index (Phi) is 4.31. The van der Waals surface area contributed by atoms with Crippen molar-refractivity contribution in [2.24, 2.45) is 16.8 Å². The second-order valence-corrected chi connectivity index (χ2v) is 4.40. The lowest BCUT2D eigenvalue weighted by Crippen LogP contribution is -2.41. The lowest BCUT2D eigenvalue weighted by Gasteiger charge is -2.20. The molecule has 0 rings (SSSR count). The first-order chi connectivity index (χ1) is 5.79. The Balaban J connectivity index is 4.40. The van der Waals surface area contributed by atoms with Gasteiger partial charge in [0.15, 0.2) is 0 Å². The highest BCUT2D eigenvalue weighted by Gasteiger charge is 2.18. The molecule has 0 aromatic carbocycles. The predicted octanol–water partition coefficient (Wildman–Crippen LogP) is -0.916. The van der Waals surface area contributed by atoms with E-state index in [1.54, 1.807) is 13.8 Å². The van der Waals surface area contributed by atoms with Gasteiger partial charge >= 0.3 is 0 Å². The van der Waals surface area contributed by atoms with Gasteiger partial charge in [-0.1, -0.05) is 13.8 Å². The average Bonchev–Trinajstić information content (AvgIpc) is 1.96. The highest BCUT2D eigenvalue weighted by Crippen LogP contribution is 2.01. The molecule has 1 atom stereocenters. The molecule has 0 aliphatic rings. The highest BCUT2D eigenvalue weighted by molar-refractivity contribution is 7.86. The number of amidine groups is 1. The van der Waals surface area contributed by atoms with Crippen molar-refractivity contribution in [3.8, 4) is 0 Å². The van der Waals surface area contributed by atoms with Crippen LogP contribution in [0.15, 0.2) is 0 Å². The van der Waals surface area contributed by atoms with Crippen LogP contribution in [0.5, 0.6) is 0 Å². The molecule has 5 N–H and O–H groups in total. The van der Waals surface area contributed by atoms with E-state index in [4.69, 9.17) is 16.3 Å². The van der Waals surface area contributed by atoms with E-state index in [1.807, 2.05) is 0 Å². The van der Waals surface area contributed by atoms with Gasteiger partial charge in [0, 0.05) is 19.0 Å². The topological polar surface area (TPSA) is 113 Å². The summed E-state index contributed by atoms with van der Waals surface area (Å²) in [5.74, 6) is -0.347. The smallest absolute Gasteiger partial charge is 0.276 e. The summed E-state index contributed by atoms with van der Waals surface area (Å²) in [6.45, 7) is 3.80. The Bertz CT molecular complexity index is 274. The van der Waals surface area contributed by atoms with Gasteiger partial charge in [0.2, 0.25) is 0 Å². The van der Waals surface area contributed by atoms with Gasteiger partial charge in [-0.3, -0.25) is 5.41 Å². The third-order valence-electron chi connectivity index (χ3n) is 1.72. The molecule has 0 bridgehead atoms. The minimum absolute atomic E-state index is 0.0397. The molecule has 0 aromatic rings. The minimum Gasteiger partial charge on any atom is -0.387 e. The second kappa shape index (κ2) is 4.54. The van der Waals surface area contributed by atoms with Crippen molar-refractivity contribution in [1.29, 1.82) is 5.41 Å². The van der Waals surface area contributed by atoms with Gasteiger partial charge in [-0.2, -0.15) is 12.7 Å². The summed E-state index contributed by atoms with van der Waals surface area (Å²) < 4.78 is 22.9. The lowest BCUT2D eigenvalue weighted by atomic mass is 10.1. The molecule has 6 nitrogen and oxygen atoms in total. The van der Waals surface area contributed by atoms with E-state index in [2.05, 4.69) is 0 Å². The first-order valence-electron chi connectivity index (χ1n) is 3.90. The normalized spacial score (nSPS) is 14.5. The molecule has 0 saturated heterocycles. The predicted molar refractivity (Wildman–Crippen MR) is 51.4 cm³/mol. The van der Waals surface area contributed by atoms with E-state index in [1.165, 1.54) is 0 Å². The van der Waals surface area contributed by atoms with Gasteiger partial charge in [0.25, 0.3) is 10.2 Å². The summed E-state index contributed by atoms with van der Waals surface area (Å²) >= 11 is 0. The summed E-state index contributed by atoms with van der Waals surface area (Å²) in [6, 6.07) is 0. The van der Waals surface area contributed by atoms with Crippen molar-refractivity contribution in [2.45, 2.75) is 13.8 Å². The summed E-state index contributed by atoms with van der Waals surface area (Å²) in [4.78, 5) is 0. The minimum atomic E-state index is -3.66. The maximum atomic E-state index is 10.9. The first-order valence-corrected chi connectivity index (χ1v) is 5.41. The van der Waals surface area contributed by atoms with E-state index in [0.29, 0.717) is 0 Å². The molecule has 0 heterocycles. The summed E-state index contributed by atoms with van der Waals surface area (Å²) in [7, 11) is -3.66. The second-order valence-electron chi connectivity index (χ2n) is 2.85. The van der Waals surface area contributed by atoms with Crippen LogP contribution in [0, 0.1) is 11.3 Å². The van der Waals surface area contributed by atoms with E-state index in [9.17, 15) is 8.42 Å². The number of nitrogens with one attached hydrogen (secondary N) is 1. The van der Waals surface area contributed by atoms with Crippen LogP contribution in [-0.2, 0) is 10.2 Å². The molecular weight excluding hydrogens is 192 g/mol. The van der Waals surface area contributed by atoms with Gasteiger partial charge in [-0.25, -0.2) is 5.14 Å². The van der Waals surface area contributed by atoms with Crippen LogP contribution in [0.3, 0.4) is 0 Å². The first kappa shape index (κ1) is 12.3. The van der Waals surface area contributed by atoms with E-state index >= 15 is 0 Å². The molecular formula is C6H16N4O2S. The summed E-state index contributed by atoms with van der Waals surface area (Å²) in [5, 5.41) is 12.0. The van der Waals surface area contributed by atoms with E-state index in [0.717, 1.165) is 4.31 Å². The van der Waals surface area contributed by atoms with Gasteiger partial charge in [-0.05, 0) is 0 Å². The fourth-order valence-corrected chi connectivity index (χ4v) is 1.61. The SMILES string of the molecule is CCN(CC(C)C(=N)N)S(N)(=O)=O. The largest absolute Gasteiger partial charge is 0.387 e. The van der Waals surface area contributed by atoms with Crippen LogP contribution in [-0.4, -0.2) is 31.6 Å². The number of rotatable bonds is 5. The Labute approximate surface area is 78.6 Å². The maximum Gasteiger partial charge on any atom is 0.276 e. The Morgan fingerprint density at radius 3 is 2.31 bits per heavy atom. The maximum absolute atomic E-state index is 10.9. The highest BCUT2D eigenvalue weighted by atomic mass is 32.2. The van der Waals surface area contributed by atoms with Crippen molar-refractivity contribution in [3.05, 3.63) is 0 Å². The summed E-state index contributed by atoms with van der Waals surface area (Å²) in [6.07, 6.45) is 0. The van der Waals surface area contributed by atoms with Gasteiger partial charge in [-0.15, -0.1) is 0 Å². The molecule has 7 heteroatoms. The fourth-order valence-electron chi connectivity index (χ4n) is 0.817. The van der Waals surface area contributed by atoms with Crippen molar-refractivity contribution in [2.75, 3.05) is 13.1 Å². The monoisotopic (exact) mass is 208 g/mol. The Morgan fingerprint density at radius 2 is 2.08 bits per heavy atom. The lowest BCUT2D eigenvalue weighted by molar-refractivity contribution is 0.404. The van der Waals surface area contributed by atoms with Crippen molar-refractivity contribution in [3.63, 3.8) is 0 Å². The number of hydrogen-bond donors (Lipinski definition) is 3. The van der Waals surface area contributed by atoms with Crippen LogP contribution >= 0.6 is 0 Å². The molecule has 0 spiro atoms. The molecule has 0 amide bonds. The van der Waals surface area contributed by atoms with Crippen molar-refractivity contribution < 1.29 is 8.42 Å². The van der Waals surface area contributed by atoms with Gasteiger partial charge < -0.3 is 5.73 Å². The number of nitrogens with two attached hydrogens (primary N) is 2. The molecule has 0 fully saturated rings. The molecule has 0 saturated carbocycles. The fraction of sp³-hybridized carbons (Fsp3) is 0.833. The van der Waals surface area contributed by atoms with Crippen molar-refractivity contribution in [1.82, 2.24) is 4.31 Å². The molecule has 0 aliphatic heterocycles. The van der Waals surface area contributed by atoms with E-state index in [-0.39, 0.29) is 24.8 Å². The molecule has 1 unspecified atom stereocenters. The van der Waals surface area contributed by atoms with Crippen molar-refractivity contribution >= 4 is 16.0 Å². The zero-order valence-electron chi connectivity index (χ0n) is 7.82. The Hall–Kier alpha value is -0.660. The van der Waals surface area contributed by atoms with Crippen LogP contribution in [0.2, 0.25) is 0 Å². The van der Waals surface area contributed by atoms with Crippen LogP contribution < -0.4 is 10.9 Å². The van der Waals surface area contributed by atoms with Crippen LogP contribution in [0.25, 0.3) is 0 Å². The Morgan fingerprint density at radius 1 is 1.62 bits per heavy atom. The summed E-state index contributed by atoms with van der Waals surface area (Å²) in [5.41, 5.74) is 5.20. The van der Waals surface area contributed by atoms with Crippen LogP contribution in [0.1, 0.15) is 13.8 Å². The number of hydrogen-bond acceptors (Lipinski definition) is 3. The van der Waals surface area contributed by atoms with Gasteiger partial charge in [0.05, 0.1) is 5.84 Å². The molecule has 13 heavy (non-hydrogen) atoms. The zero-order chi connectivity index (χ0) is 10.6. The zero-order valence-corrected chi connectivity index (χ0v) is 8.63. The molecule has 0 aromatic heterocycles. The third-order valence-corrected chi connectivity index (χ3v) is 2.85. The third kappa shape index (κ3) is 4.20.